The summed E-state index contributed by atoms with van der Waals surface area (Å²) in [5, 5.41) is 10.8. The lowest BCUT2D eigenvalue weighted by atomic mass is 9.96. The topological polar surface area (TPSA) is 93.3 Å². The van der Waals surface area contributed by atoms with Gasteiger partial charge in [-0.05, 0) is 25.8 Å². The van der Waals surface area contributed by atoms with Crippen LogP contribution in [0.5, 0.6) is 0 Å². The molecule has 8 nitrogen and oxygen atoms in total. The number of rotatable bonds is 5. The summed E-state index contributed by atoms with van der Waals surface area (Å²) >= 11 is 0. The minimum atomic E-state index is -0.201. The number of carbonyl (C=O) groups is 2. The summed E-state index contributed by atoms with van der Waals surface area (Å²) < 4.78 is 6.85. The number of piperidine rings is 1. The number of likely N-dealkylation sites (tertiary alicyclic amines) is 1. The van der Waals surface area contributed by atoms with Crippen molar-refractivity contribution in [1.82, 2.24) is 25.0 Å². The molecule has 0 bridgehead atoms. The van der Waals surface area contributed by atoms with E-state index in [9.17, 15) is 9.59 Å². The summed E-state index contributed by atoms with van der Waals surface area (Å²) in [7, 11) is 0. The molecule has 1 aliphatic heterocycles. The van der Waals surface area contributed by atoms with Gasteiger partial charge in [-0.25, -0.2) is 0 Å². The third kappa shape index (κ3) is 3.47. The lowest BCUT2D eigenvalue weighted by Gasteiger charge is -2.31. The molecule has 0 aromatic carbocycles. The second kappa shape index (κ2) is 7.29. The minimum absolute atomic E-state index is 0.0506. The Balaban J connectivity index is 1.56. The van der Waals surface area contributed by atoms with Crippen LogP contribution < -0.4 is 5.32 Å². The molecule has 8 heteroatoms. The SMILES string of the molecule is CCn1cnnc1CNC(=O)[C@H]1CCCN(C(=O)c2ccoc2)C1. The van der Waals surface area contributed by atoms with E-state index in [1.165, 1.54) is 12.5 Å². The van der Waals surface area contributed by atoms with E-state index in [4.69, 9.17) is 4.42 Å². The van der Waals surface area contributed by atoms with Gasteiger partial charge < -0.3 is 19.2 Å². The first kappa shape index (κ1) is 16.2. The standard InChI is InChI=1S/C16H21N5O3/c1-2-20-11-18-19-14(20)8-17-15(22)12-4-3-6-21(9-12)16(23)13-5-7-24-10-13/h5,7,10-12H,2-4,6,8-9H2,1H3,(H,17,22)/t12-/m0/s1. The molecule has 1 saturated heterocycles. The molecule has 3 heterocycles. The number of aromatic nitrogens is 3. The van der Waals surface area contributed by atoms with Crippen LogP contribution in [0, 0.1) is 5.92 Å². The Kier molecular flexibility index (Phi) is 4.93. The summed E-state index contributed by atoms with van der Waals surface area (Å²) in [5.74, 6) is 0.387. The van der Waals surface area contributed by atoms with Gasteiger partial charge in [-0.15, -0.1) is 10.2 Å². The molecule has 2 aromatic heterocycles. The fraction of sp³-hybridized carbons (Fsp3) is 0.500. The molecule has 0 unspecified atom stereocenters. The van der Waals surface area contributed by atoms with Gasteiger partial charge in [0.25, 0.3) is 5.91 Å². The van der Waals surface area contributed by atoms with E-state index in [-0.39, 0.29) is 17.7 Å². The smallest absolute Gasteiger partial charge is 0.257 e. The van der Waals surface area contributed by atoms with Crippen molar-refractivity contribution in [2.24, 2.45) is 5.92 Å². The monoisotopic (exact) mass is 331 g/mol. The Bertz CT molecular complexity index is 694. The quantitative estimate of drug-likeness (QED) is 0.884. The van der Waals surface area contributed by atoms with Crippen molar-refractivity contribution in [3.05, 3.63) is 36.3 Å². The van der Waals surface area contributed by atoms with Crippen LogP contribution in [0.15, 0.2) is 29.3 Å². The third-order valence-corrected chi connectivity index (χ3v) is 4.30. The zero-order valence-electron chi connectivity index (χ0n) is 13.6. The Morgan fingerprint density at radius 2 is 2.33 bits per heavy atom. The number of aryl methyl sites for hydroxylation is 1. The van der Waals surface area contributed by atoms with Crippen LogP contribution in [0.1, 0.15) is 35.9 Å². The highest BCUT2D eigenvalue weighted by Crippen LogP contribution is 2.19. The zero-order valence-corrected chi connectivity index (χ0v) is 13.6. The molecule has 0 spiro atoms. The maximum absolute atomic E-state index is 12.4. The Labute approximate surface area is 139 Å². The van der Waals surface area contributed by atoms with Crippen molar-refractivity contribution >= 4 is 11.8 Å². The summed E-state index contributed by atoms with van der Waals surface area (Å²) in [6.45, 7) is 4.19. The fourth-order valence-electron chi connectivity index (χ4n) is 2.93. The lowest BCUT2D eigenvalue weighted by molar-refractivity contribution is -0.126. The second-order valence-corrected chi connectivity index (χ2v) is 5.85. The number of furan rings is 1. The molecule has 0 radical (unpaired) electrons. The van der Waals surface area contributed by atoms with E-state index < -0.39 is 0 Å². The van der Waals surface area contributed by atoms with Crippen LogP contribution in [0.2, 0.25) is 0 Å². The molecule has 1 fully saturated rings. The van der Waals surface area contributed by atoms with Crippen LogP contribution in [-0.2, 0) is 17.9 Å². The highest BCUT2D eigenvalue weighted by molar-refractivity contribution is 5.94. The number of hydrogen-bond acceptors (Lipinski definition) is 5. The third-order valence-electron chi connectivity index (χ3n) is 4.30. The first-order valence-electron chi connectivity index (χ1n) is 8.15. The maximum Gasteiger partial charge on any atom is 0.257 e. The summed E-state index contributed by atoms with van der Waals surface area (Å²) in [6.07, 6.45) is 6.15. The molecular formula is C16H21N5O3. The van der Waals surface area contributed by atoms with Crippen molar-refractivity contribution in [1.29, 1.82) is 0 Å². The second-order valence-electron chi connectivity index (χ2n) is 5.85. The van der Waals surface area contributed by atoms with E-state index >= 15 is 0 Å². The average molecular weight is 331 g/mol. The molecule has 0 saturated carbocycles. The summed E-state index contributed by atoms with van der Waals surface area (Å²) in [6, 6.07) is 1.64. The minimum Gasteiger partial charge on any atom is -0.472 e. The van der Waals surface area contributed by atoms with E-state index in [0.29, 0.717) is 25.2 Å². The number of nitrogens with one attached hydrogen (secondary N) is 1. The van der Waals surface area contributed by atoms with Crippen LogP contribution in [0.3, 0.4) is 0 Å². The van der Waals surface area contributed by atoms with Gasteiger partial charge in [-0.2, -0.15) is 0 Å². The van der Waals surface area contributed by atoms with Crippen LogP contribution in [0.4, 0.5) is 0 Å². The summed E-state index contributed by atoms with van der Waals surface area (Å²) in [4.78, 5) is 26.5. The van der Waals surface area contributed by atoms with Gasteiger partial charge in [0.2, 0.25) is 5.91 Å². The molecule has 3 rings (SSSR count). The highest BCUT2D eigenvalue weighted by Gasteiger charge is 2.29. The van der Waals surface area contributed by atoms with Crippen LogP contribution in [0.25, 0.3) is 0 Å². The van der Waals surface area contributed by atoms with E-state index in [1.807, 2.05) is 11.5 Å². The molecule has 0 aliphatic carbocycles. The van der Waals surface area contributed by atoms with Crippen molar-refractivity contribution in [2.75, 3.05) is 13.1 Å². The van der Waals surface area contributed by atoms with Crippen LogP contribution >= 0.6 is 0 Å². The van der Waals surface area contributed by atoms with Gasteiger partial charge in [0.15, 0.2) is 5.82 Å². The largest absolute Gasteiger partial charge is 0.472 e. The van der Waals surface area contributed by atoms with Crippen molar-refractivity contribution in [3.63, 3.8) is 0 Å². The van der Waals surface area contributed by atoms with E-state index in [2.05, 4.69) is 15.5 Å². The van der Waals surface area contributed by atoms with Gasteiger partial charge in [-0.1, -0.05) is 0 Å². The van der Waals surface area contributed by atoms with Crippen molar-refractivity contribution < 1.29 is 14.0 Å². The molecule has 128 valence electrons. The first-order chi connectivity index (χ1) is 11.7. The van der Waals surface area contributed by atoms with Crippen LogP contribution in [-0.4, -0.2) is 44.6 Å². The molecule has 2 amide bonds. The number of carbonyl (C=O) groups excluding carboxylic acids is 2. The average Bonchev–Trinajstić information content (AvgIpc) is 3.30. The lowest BCUT2D eigenvalue weighted by Crippen LogP contribution is -2.45. The van der Waals surface area contributed by atoms with E-state index in [1.54, 1.807) is 17.3 Å². The first-order valence-corrected chi connectivity index (χ1v) is 8.15. The molecule has 24 heavy (non-hydrogen) atoms. The van der Waals surface area contributed by atoms with Gasteiger partial charge in [0, 0.05) is 19.6 Å². The maximum atomic E-state index is 12.4. The molecular weight excluding hydrogens is 310 g/mol. The van der Waals surface area contributed by atoms with Gasteiger partial charge >= 0.3 is 0 Å². The number of nitrogens with zero attached hydrogens (tertiary/aromatic N) is 4. The van der Waals surface area contributed by atoms with Gasteiger partial charge in [0.1, 0.15) is 12.6 Å². The zero-order chi connectivity index (χ0) is 16.9. The molecule has 1 aliphatic rings. The Hall–Kier alpha value is -2.64. The molecule has 1 N–H and O–H groups in total. The number of hydrogen-bond donors (Lipinski definition) is 1. The summed E-state index contributed by atoms with van der Waals surface area (Å²) in [5.41, 5.74) is 0.520. The molecule has 1 atom stereocenters. The normalized spacial score (nSPS) is 17.7. The Morgan fingerprint density at radius 3 is 3.08 bits per heavy atom. The number of amides is 2. The van der Waals surface area contributed by atoms with Crippen molar-refractivity contribution in [2.45, 2.75) is 32.9 Å². The van der Waals surface area contributed by atoms with Crippen molar-refractivity contribution in [3.8, 4) is 0 Å². The van der Waals surface area contributed by atoms with E-state index in [0.717, 1.165) is 25.2 Å². The highest BCUT2D eigenvalue weighted by atomic mass is 16.3. The predicted molar refractivity (Wildman–Crippen MR) is 84.9 cm³/mol. The Morgan fingerprint density at radius 1 is 1.46 bits per heavy atom. The predicted octanol–water partition coefficient (Wildman–Crippen LogP) is 1.06. The fourth-order valence-corrected chi connectivity index (χ4v) is 2.93. The molecule has 2 aromatic rings. The van der Waals surface area contributed by atoms with Gasteiger partial charge in [-0.3, -0.25) is 9.59 Å². The van der Waals surface area contributed by atoms with Gasteiger partial charge in [0.05, 0.1) is 24.3 Å².